The molecule has 0 unspecified atom stereocenters. The first-order valence-corrected chi connectivity index (χ1v) is 9.71. The van der Waals surface area contributed by atoms with Crippen LogP contribution in [0.1, 0.15) is 36.6 Å². The Bertz CT molecular complexity index is 1060. The Kier molecular flexibility index (Phi) is 4.68. The number of nitrogens with one attached hydrogen (secondary N) is 1. The summed E-state index contributed by atoms with van der Waals surface area (Å²) in [6, 6.07) is 12.7. The quantitative estimate of drug-likeness (QED) is 0.664. The fourth-order valence-electron chi connectivity index (χ4n) is 4.65. The van der Waals surface area contributed by atoms with Crippen LogP contribution in [0.3, 0.4) is 0 Å². The third-order valence-corrected chi connectivity index (χ3v) is 5.79. The molecule has 0 fully saturated rings. The van der Waals surface area contributed by atoms with Crippen LogP contribution in [0.5, 0.6) is 17.2 Å². The number of phenols is 1. The van der Waals surface area contributed by atoms with E-state index in [0.29, 0.717) is 11.8 Å². The molecule has 4 rings (SSSR count). The monoisotopic (exact) mass is 377 g/mol. The Labute approximate surface area is 166 Å². The number of hydrogen-bond donors (Lipinski definition) is 2. The van der Waals surface area contributed by atoms with Crippen molar-refractivity contribution in [1.29, 1.82) is 0 Å². The summed E-state index contributed by atoms with van der Waals surface area (Å²) < 4.78 is 11.2. The van der Waals surface area contributed by atoms with Crippen molar-refractivity contribution in [1.82, 2.24) is 5.32 Å². The summed E-state index contributed by atoms with van der Waals surface area (Å²) in [5.41, 5.74) is 5.13. The first kappa shape index (κ1) is 18.6. The topological polar surface area (TPSA) is 50.7 Å². The number of phenolic OH excluding ortho intramolecular Hbond substituents is 1. The molecular formula is C24H27NO3. The molecule has 1 heterocycles. The molecule has 4 heteroatoms. The van der Waals surface area contributed by atoms with Gasteiger partial charge in [-0.15, -0.1) is 0 Å². The molecular weight excluding hydrogens is 350 g/mol. The van der Waals surface area contributed by atoms with Crippen LogP contribution < -0.4 is 14.8 Å². The van der Waals surface area contributed by atoms with E-state index in [1.54, 1.807) is 14.2 Å². The van der Waals surface area contributed by atoms with E-state index < -0.39 is 0 Å². The molecule has 0 aliphatic carbocycles. The molecule has 3 aromatic carbocycles. The molecule has 0 amide bonds. The molecule has 0 aromatic heterocycles. The number of benzene rings is 3. The maximum Gasteiger partial charge on any atom is 0.130 e. The highest BCUT2D eigenvalue weighted by atomic mass is 16.5. The Balaban J connectivity index is 2.04. The summed E-state index contributed by atoms with van der Waals surface area (Å²) in [6.07, 6.45) is 0.920. The second-order valence-corrected chi connectivity index (χ2v) is 7.68. The second kappa shape index (κ2) is 7.02. The highest BCUT2D eigenvalue weighted by Crippen LogP contribution is 2.46. The minimum atomic E-state index is 0.109. The minimum absolute atomic E-state index is 0.109. The summed E-state index contributed by atoms with van der Waals surface area (Å²) in [6.45, 7) is 6.34. The fourth-order valence-corrected chi connectivity index (χ4v) is 4.65. The first-order valence-electron chi connectivity index (χ1n) is 9.71. The average molecular weight is 377 g/mol. The Morgan fingerprint density at radius 2 is 1.79 bits per heavy atom. The smallest absolute Gasteiger partial charge is 0.130 e. The standard InChI is InChI=1S/C24H27NO3/c1-13-11-20(28-5)23-17(7-6-8-19(23)27-4)21(13)18-10-9-16-12-14(2)25-15(3)22(16)24(18)26/h6-11,14-15,25-26H,12H2,1-5H3/t14-,15+/m1/s1. The second-order valence-electron chi connectivity index (χ2n) is 7.68. The minimum Gasteiger partial charge on any atom is -0.507 e. The average Bonchev–Trinajstić information content (AvgIpc) is 2.67. The molecule has 28 heavy (non-hydrogen) atoms. The molecule has 4 nitrogen and oxygen atoms in total. The van der Waals surface area contributed by atoms with Crippen LogP contribution >= 0.6 is 0 Å². The van der Waals surface area contributed by atoms with Gasteiger partial charge in [0.15, 0.2) is 0 Å². The van der Waals surface area contributed by atoms with Gasteiger partial charge in [-0.25, -0.2) is 0 Å². The van der Waals surface area contributed by atoms with Crippen molar-refractivity contribution in [2.24, 2.45) is 0 Å². The van der Waals surface area contributed by atoms with Gasteiger partial charge in [0.2, 0.25) is 0 Å². The molecule has 0 saturated carbocycles. The van der Waals surface area contributed by atoms with Gasteiger partial charge in [0.1, 0.15) is 17.2 Å². The summed E-state index contributed by atoms with van der Waals surface area (Å²) in [4.78, 5) is 0. The molecule has 0 saturated heterocycles. The highest BCUT2D eigenvalue weighted by Gasteiger charge is 2.27. The predicted molar refractivity (Wildman–Crippen MR) is 114 cm³/mol. The maximum atomic E-state index is 11.3. The van der Waals surface area contributed by atoms with Crippen LogP contribution in [0.4, 0.5) is 0 Å². The number of fused-ring (bicyclic) bond motifs is 2. The Hall–Kier alpha value is -2.72. The lowest BCUT2D eigenvalue weighted by Gasteiger charge is -2.31. The van der Waals surface area contributed by atoms with E-state index in [0.717, 1.165) is 50.9 Å². The number of rotatable bonds is 3. The van der Waals surface area contributed by atoms with Crippen LogP contribution in [-0.4, -0.2) is 25.4 Å². The maximum absolute atomic E-state index is 11.3. The summed E-state index contributed by atoms with van der Waals surface area (Å²) in [5, 5.41) is 16.8. The van der Waals surface area contributed by atoms with Crippen LogP contribution in [0.2, 0.25) is 0 Å². The normalized spacial score (nSPS) is 18.8. The zero-order chi connectivity index (χ0) is 20.0. The third kappa shape index (κ3) is 2.80. The number of aryl methyl sites for hydroxylation is 1. The van der Waals surface area contributed by atoms with Crippen molar-refractivity contribution in [3.05, 3.63) is 53.1 Å². The van der Waals surface area contributed by atoms with E-state index in [4.69, 9.17) is 9.47 Å². The summed E-state index contributed by atoms with van der Waals surface area (Å²) in [5.74, 6) is 1.90. The van der Waals surface area contributed by atoms with Crippen molar-refractivity contribution < 1.29 is 14.6 Å². The zero-order valence-electron chi connectivity index (χ0n) is 17.1. The zero-order valence-corrected chi connectivity index (χ0v) is 17.1. The SMILES string of the molecule is COc1cccc2c(-c3ccc4c(c3O)[C@H](C)N[C@H](C)C4)c(C)cc(OC)c12. The lowest BCUT2D eigenvalue weighted by Crippen LogP contribution is -2.36. The number of aromatic hydroxyl groups is 1. The lowest BCUT2D eigenvalue weighted by molar-refractivity contribution is 0.404. The molecule has 0 radical (unpaired) electrons. The number of ether oxygens (including phenoxy) is 2. The van der Waals surface area contributed by atoms with Gasteiger partial charge in [-0.05, 0) is 61.4 Å². The van der Waals surface area contributed by atoms with E-state index in [1.807, 2.05) is 24.3 Å². The molecule has 146 valence electrons. The summed E-state index contributed by atoms with van der Waals surface area (Å²) >= 11 is 0. The van der Waals surface area contributed by atoms with Crippen molar-refractivity contribution in [2.45, 2.75) is 39.3 Å². The van der Waals surface area contributed by atoms with E-state index in [2.05, 4.69) is 38.2 Å². The van der Waals surface area contributed by atoms with Crippen LogP contribution in [0.15, 0.2) is 36.4 Å². The fraction of sp³-hybridized carbons (Fsp3) is 0.333. The van der Waals surface area contributed by atoms with Gasteiger partial charge in [-0.3, -0.25) is 0 Å². The highest BCUT2D eigenvalue weighted by molar-refractivity contribution is 6.05. The Morgan fingerprint density at radius 1 is 1.04 bits per heavy atom. The largest absolute Gasteiger partial charge is 0.507 e. The molecule has 3 aromatic rings. The Morgan fingerprint density at radius 3 is 2.50 bits per heavy atom. The summed E-state index contributed by atoms with van der Waals surface area (Å²) in [7, 11) is 3.34. The molecule has 0 spiro atoms. The van der Waals surface area contributed by atoms with Crippen molar-refractivity contribution >= 4 is 10.8 Å². The van der Waals surface area contributed by atoms with Crippen LogP contribution in [-0.2, 0) is 6.42 Å². The van der Waals surface area contributed by atoms with E-state index in [1.165, 1.54) is 5.56 Å². The molecule has 2 N–H and O–H groups in total. The molecule has 1 aliphatic heterocycles. The van der Waals surface area contributed by atoms with Crippen molar-refractivity contribution in [3.63, 3.8) is 0 Å². The lowest BCUT2D eigenvalue weighted by atomic mass is 9.85. The first-order chi connectivity index (χ1) is 13.5. The molecule has 1 aliphatic rings. The van der Waals surface area contributed by atoms with Crippen molar-refractivity contribution in [2.75, 3.05) is 14.2 Å². The van der Waals surface area contributed by atoms with Gasteiger partial charge in [-0.2, -0.15) is 0 Å². The number of methoxy groups -OCH3 is 2. The van der Waals surface area contributed by atoms with Gasteiger partial charge < -0.3 is 19.9 Å². The van der Waals surface area contributed by atoms with Crippen LogP contribution in [0.25, 0.3) is 21.9 Å². The molecule has 2 atom stereocenters. The van der Waals surface area contributed by atoms with E-state index in [9.17, 15) is 5.11 Å². The molecule has 0 bridgehead atoms. The van der Waals surface area contributed by atoms with Gasteiger partial charge in [0.25, 0.3) is 0 Å². The van der Waals surface area contributed by atoms with Crippen LogP contribution in [0, 0.1) is 6.92 Å². The van der Waals surface area contributed by atoms with E-state index in [-0.39, 0.29) is 6.04 Å². The van der Waals surface area contributed by atoms with Gasteiger partial charge >= 0.3 is 0 Å². The van der Waals surface area contributed by atoms with E-state index >= 15 is 0 Å². The van der Waals surface area contributed by atoms with Gasteiger partial charge in [0.05, 0.1) is 19.6 Å². The third-order valence-electron chi connectivity index (χ3n) is 5.79. The number of hydrogen-bond acceptors (Lipinski definition) is 4. The van der Waals surface area contributed by atoms with Crippen molar-refractivity contribution in [3.8, 4) is 28.4 Å². The predicted octanol–water partition coefficient (Wildman–Crippen LogP) is 5.13. The van der Waals surface area contributed by atoms with Gasteiger partial charge in [-0.1, -0.05) is 24.3 Å². The van der Waals surface area contributed by atoms with Gasteiger partial charge in [0, 0.05) is 23.2 Å².